The summed E-state index contributed by atoms with van der Waals surface area (Å²) in [6.45, 7) is 0. The Kier molecular flexibility index (Phi) is 5.98. The van der Waals surface area contributed by atoms with Crippen LogP contribution in [0.15, 0.2) is 53.4 Å². The second-order valence-corrected chi connectivity index (χ2v) is 8.40. The van der Waals surface area contributed by atoms with Crippen LogP contribution in [0, 0.1) is 0 Å². The fourth-order valence-electron chi connectivity index (χ4n) is 2.06. The van der Waals surface area contributed by atoms with Crippen molar-refractivity contribution in [3.63, 3.8) is 0 Å². The van der Waals surface area contributed by atoms with Crippen LogP contribution < -0.4 is 10.0 Å². The Bertz CT molecular complexity index is 1070. The number of rotatable bonds is 5. The highest BCUT2D eigenvalue weighted by atomic mass is 35.5. The zero-order valence-electron chi connectivity index (χ0n) is 13.2. The van der Waals surface area contributed by atoms with Crippen LogP contribution >= 0.6 is 46.4 Å². The molecule has 1 aromatic heterocycles. The molecule has 0 unspecified atom stereocenters. The molecule has 0 amide bonds. The summed E-state index contributed by atoms with van der Waals surface area (Å²) < 4.78 is 27.2. The van der Waals surface area contributed by atoms with E-state index in [9.17, 15) is 8.42 Å². The monoisotopic (exact) mass is 462 g/mol. The smallest absolute Gasteiger partial charge is 0.261 e. The lowest BCUT2D eigenvalue weighted by molar-refractivity contribution is 0.601. The summed E-state index contributed by atoms with van der Waals surface area (Å²) in [6.07, 6.45) is 0. The number of benzene rings is 2. The third kappa shape index (κ3) is 4.94. The third-order valence-corrected chi connectivity index (χ3v) is 5.85. The highest BCUT2D eigenvalue weighted by Crippen LogP contribution is 2.30. The van der Waals surface area contributed by atoms with E-state index in [2.05, 4.69) is 20.0 Å². The van der Waals surface area contributed by atoms with Gasteiger partial charge in [-0.25, -0.2) is 13.4 Å². The van der Waals surface area contributed by atoms with Crippen LogP contribution in [0.1, 0.15) is 0 Å². The number of halogens is 4. The normalized spacial score (nSPS) is 11.3. The summed E-state index contributed by atoms with van der Waals surface area (Å²) >= 11 is 23.4. The quantitative estimate of drug-likeness (QED) is 0.378. The average molecular weight is 464 g/mol. The number of nitrogens with one attached hydrogen (secondary N) is 2. The molecule has 3 aromatic rings. The van der Waals surface area contributed by atoms with Crippen molar-refractivity contribution < 1.29 is 8.42 Å². The summed E-state index contributed by atoms with van der Waals surface area (Å²) in [7, 11) is -3.73. The van der Waals surface area contributed by atoms with E-state index in [1.54, 1.807) is 24.3 Å². The highest BCUT2D eigenvalue weighted by Gasteiger charge is 2.14. The Morgan fingerprint density at radius 1 is 0.778 bits per heavy atom. The predicted molar refractivity (Wildman–Crippen MR) is 109 cm³/mol. The fraction of sp³-hybridized carbons (Fsp3) is 0. The molecule has 140 valence electrons. The van der Waals surface area contributed by atoms with Gasteiger partial charge in [0.25, 0.3) is 10.0 Å². The molecule has 2 aromatic carbocycles. The Morgan fingerprint density at radius 2 is 1.37 bits per heavy atom. The van der Waals surface area contributed by atoms with Crippen molar-refractivity contribution in [1.82, 2.24) is 9.97 Å². The van der Waals surface area contributed by atoms with Gasteiger partial charge in [-0.05, 0) is 60.1 Å². The van der Waals surface area contributed by atoms with Gasteiger partial charge in [-0.1, -0.05) is 34.8 Å². The molecule has 0 aliphatic rings. The van der Waals surface area contributed by atoms with Crippen molar-refractivity contribution in [2.45, 2.75) is 4.90 Å². The number of sulfonamides is 1. The van der Waals surface area contributed by atoms with Gasteiger partial charge >= 0.3 is 0 Å². The highest BCUT2D eigenvalue weighted by molar-refractivity contribution is 7.92. The molecule has 0 bridgehead atoms. The number of hydrogen-bond donors (Lipinski definition) is 2. The number of hydrogen-bond acceptors (Lipinski definition) is 5. The van der Waals surface area contributed by atoms with Crippen molar-refractivity contribution in [1.29, 1.82) is 0 Å². The number of anilines is 3. The predicted octanol–water partition coefficient (Wildman–Crippen LogP) is 5.63. The lowest BCUT2D eigenvalue weighted by Gasteiger charge is -2.11. The van der Waals surface area contributed by atoms with Gasteiger partial charge in [0.15, 0.2) is 11.0 Å². The zero-order chi connectivity index (χ0) is 19.6. The summed E-state index contributed by atoms with van der Waals surface area (Å²) in [5.41, 5.74) is 0.970. The Morgan fingerprint density at radius 3 is 2.00 bits per heavy atom. The molecule has 0 aliphatic carbocycles. The van der Waals surface area contributed by atoms with E-state index in [0.717, 1.165) is 0 Å². The van der Waals surface area contributed by atoms with E-state index in [1.807, 2.05) is 0 Å². The first-order valence-electron chi connectivity index (χ1n) is 7.28. The molecule has 0 spiro atoms. The minimum atomic E-state index is -3.73. The Balaban J connectivity index is 1.77. The summed E-state index contributed by atoms with van der Waals surface area (Å²) in [4.78, 5) is 7.79. The second kappa shape index (κ2) is 8.08. The molecule has 11 heteroatoms. The van der Waals surface area contributed by atoms with Crippen LogP contribution in [-0.2, 0) is 10.0 Å². The summed E-state index contributed by atoms with van der Waals surface area (Å²) in [6, 6.07) is 12.3. The minimum absolute atomic E-state index is 0.0199. The lowest BCUT2D eigenvalue weighted by atomic mass is 10.3. The molecule has 3 rings (SSSR count). The molecule has 0 saturated heterocycles. The Labute approximate surface area is 175 Å². The van der Waals surface area contributed by atoms with E-state index in [0.29, 0.717) is 16.4 Å². The maximum absolute atomic E-state index is 12.4. The maximum Gasteiger partial charge on any atom is 0.261 e. The van der Waals surface area contributed by atoms with Gasteiger partial charge in [0.05, 0.1) is 4.90 Å². The molecule has 2 N–H and O–H groups in total. The number of aromatic nitrogens is 2. The van der Waals surface area contributed by atoms with Gasteiger partial charge in [0.1, 0.15) is 5.02 Å². The van der Waals surface area contributed by atoms with E-state index in [-0.39, 0.29) is 26.2 Å². The van der Waals surface area contributed by atoms with Gasteiger partial charge in [0, 0.05) is 16.4 Å². The third-order valence-electron chi connectivity index (χ3n) is 3.31. The molecule has 0 fully saturated rings. The maximum atomic E-state index is 12.4. The number of nitrogens with zero attached hydrogens (tertiary/aromatic N) is 2. The van der Waals surface area contributed by atoms with E-state index in [4.69, 9.17) is 46.4 Å². The standard InChI is InChI=1S/C16H10Cl4N4O2S/c17-9-1-7-12(8-2-9)27(25,26)24-11-5-3-10(4-6-11)21-15-13(18)14(19)22-16(20)23-15/h1-8,24H,(H,21,22,23). The van der Waals surface area contributed by atoms with Crippen molar-refractivity contribution in [3.8, 4) is 0 Å². The van der Waals surface area contributed by atoms with Crippen LogP contribution in [0.25, 0.3) is 0 Å². The fourth-order valence-corrected chi connectivity index (χ4v) is 3.76. The molecule has 0 atom stereocenters. The first-order chi connectivity index (χ1) is 12.7. The van der Waals surface area contributed by atoms with Gasteiger partial charge in [0.2, 0.25) is 5.28 Å². The van der Waals surface area contributed by atoms with Crippen molar-refractivity contribution in [3.05, 3.63) is 69.0 Å². The van der Waals surface area contributed by atoms with Gasteiger partial charge in [-0.15, -0.1) is 0 Å². The molecular weight excluding hydrogens is 454 g/mol. The van der Waals surface area contributed by atoms with E-state index < -0.39 is 10.0 Å². The minimum Gasteiger partial charge on any atom is -0.339 e. The molecule has 6 nitrogen and oxygen atoms in total. The van der Waals surface area contributed by atoms with Crippen LogP contribution in [-0.4, -0.2) is 18.4 Å². The topological polar surface area (TPSA) is 84.0 Å². The summed E-state index contributed by atoms with van der Waals surface area (Å²) in [5, 5.41) is 3.47. The van der Waals surface area contributed by atoms with Crippen molar-refractivity contribution in [2.75, 3.05) is 10.0 Å². The van der Waals surface area contributed by atoms with Crippen molar-refractivity contribution in [2.24, 2.45) is 0 Å². The van der Waals surface area contributed by atoms with Crippen LogP contribution in [0.4, 0.5) is 17.2 Å². The molecule has 0 aliphatic heterocycles. The van der Waals surface area contributed by atoms with Gasteiger partial charge in [-0.2, -0.15) is 4.98 Å². The average Bonchev–Trinajstić information content (AvgIpc) is 2.61. The molecule has 0 saturated carbocycles. The van der Waals surface area contributed by atoms with E-state index in [1.165, 1.54) is 24.3 Å². The van der Waals surface area contributed by atoms with Crippen LogP contribution in [0.2, 0.25) is 20.5 Å². The van der Waals surface area contributed by atoms with Gasteiger partial charge < -0.3 is 5.32 Å². The molecule has 1 heterocycles. The first kappa shape index (κ1) is 20.0. The summed E-state index contributed by atoms with van der Waals surface area (Å²) in [5.74, 6) is 0.233. The largest absolute Gasteiger partial charge is 0.339 e. The second-order valence-electron chi connectivity index (χ2n) is 5.21. The SMILES string of the molecule is O=S(=O)(Nc1ccc(Nc2nc(Cl)nc(Cl)c2Cl)cc1)c1ccc(Cl)cc1. The van der Waals surface area contributed by atoms with Crippen LogP contribution in [0.3, 0.4) is 0 Å². The Hall–Kier alpha value is -1.77. The van der Waals surface area contributed by atoms with Gasteiger partial charge in [-0.3, -0.25) is 4.72 Å². The molecule has 27 heavy (non-hydrogen) atoms. The van der Waals surface area contributed by atoms with E-state index >= 15 is 0 Å². The molecule has 0 radical (unpaired) electrons. The van der Waals surface area contributed by atoms with Crippen LogP contribution in [0.5, 0.6) is 0 Å². The lowest BCUT2D eigenvalue weighted by Crippen LogP contribution is -2.12. The van der Waals surface area contributed by atoms with Crippen molar-refractivity contribution >= 4 is 73.6 Å². The first-order valence-corrected chi connectivity index (χ1v) is 10.3. The molecular formula is C16H10Cl4N4O2S. The zero-order valence-corrected chi connectivity index (χ0v) is 17.1.